The lowest BCUT2D eigenvalue weighted by atomic mass is 10.1. The predicted octanol–water partition coefficient (Wildman–Crippen LogP) is 4.03. The Hall–Kier alpha value is -2.67. The average Bonchev–Trinajstić information content (AvgIpc) is 3.28. The van der Waals surface area contributed by atoms with Crippen molar-refractivity contribution in [1.29, 1.82) is 0 Å². The first-order chi connectivity index (χ1) is 11.6. The number of carbonyl (C=O) groups is 1. The maximum absolute atomic E-state index is 12.2. The summed E-state index contributed by atoms with van der Waals surface area (Å²) in [5, 5.41) is 8.70. The molecule has 0 aliphatic heterocycles. The SMILES string of the molecule is Cc1ccc(-c2ncco2)cc1NC(=O)NC[C@@H](C)c1nccs1. The number of hydrogen-bond donors (Lipinski definition) is 2. The molecule has 0 fully saturated rings. The van der Waals surface area contributed by atoms with Gasteiger partial charge >= 0.3 is 6.03 Å². The monoisotopic (exact) mass is 342 g/mol. The van der Waals surface area contributed by atoms with Crippen molar-refractivity contribution in [3.05, 3.63) is 52.8 Å². The Morgan fingerprint density at radius 1 is 1.33 bits per heavy atom. The number of nitrogens with zero attached hydrogens (tertiary/aromatic N) is 2. The Balaban J connectivity index is 1.62. The molecule has 24 heavy (non-hydrogen) atoms. The summed E-state index contributed by atoms with van der Waals surface area (Å²) in [7, 11) is 0. The number of urea groups is 1. The Labute approximate surface area is 144 Å². The zero-order valence-corrected chi connectivity index (χ0v) is 14.3. The third-order valence-corrected chi connectivity index (χ3v) is 4.61. The van der Waals surface area contributed by atoms with Crippen LogP contribution in [0.2, 0.25) is 0 Å². The minimum atomic E-state index is -0.244. The van der Waals surface area contributed by atoms with E-state index in [4.69, 9.17) is 4.42 Å². The molecule has 3 rings (SSSR count). The summed E-state index contributed by atoms with van der Waals surface area (Å²) in [5.41, 5.74) is 2.51. The zero-order chi connectivity index (χ0) is 16.9. The number of nitrogens with one attached hydrogen (secondary N) is 2. The second-order valence-corrected chi connectivity index (χ2v) is 6.40. The molecule has 0 radical (unpaired) electrons. The third-order valence-electron chi connectivity index (χ3n) is 3.61. The van der Waals surface area contributed by atoms with Crippen molar-refractivity contribution in [2.45, 2.75) is 19.8 Å². The number of anilines is 1. The fraction of sp³-hybridized carbons (Fsp3) is 0.235. The van der Waals surface area contributed by atoms with E-state index in [-0.39, 0.29) is 11.9 Å². The van der Waals surface area contributed by atoms with Crippen LogP contribution in [0.15, 0.2) is 46.7 Å². The van der Waals surface area contributed by atoms with Crippen LogP contribution in [0.3, 0.4) is 0 Å². The number of aryl methyl sites for hydroxylation is 1. The van der Waals surface area contributed by atoms with Gasteiger partial charge in [-0.25, -0.2) is 14.8 Å². The normalized spacial score (nSPS) is 11.9. The van der Waals surface area contributed by atoms with Gasteiger partial charge in [-0.3, -0.25) is 0 Å². The van der Waals surface area contributed by atoms with E-state index in [9.17, 15) is 4.79 Å². The minimum absolute atomic E-state index is 0.176. The maximum atomic E-state index is 12.2. The Morgan fingerprint density at radius 2 is 2.21 bits per heavy atom. The van der Waals surface area contributed by atoms with Gasteiger partial charge in [0.25, 0.3) is 0 Å². The van der Waals surface area contributed by atoms with E-state index in [0.717, 1.165) is 21.8 Å². The molecule has 2 heterocycles. The van der Waals surface area contributed by atoms with Crippen molar-refractivity contribution in [1.82, 2.24) is 15.3 Å². The van der Waals surface area contributed by atoms with E-state index >= 15 is 0 Å². The summed E-state index contributed by atoms with van der Waals surface area (Å²) in [4.78, 5) is 20.5. The Kier molecular flexibility index (Phi) is 4.90. The van der Waals surface area contributed by atoms with Gasteiger partial charge in [0.05, 0.1) is 11.2 Å². The van der Waals surface area contributed by atoms with Crippen LogP contribution in [-0.2, 0) is 0 Å². The van der Waals surface area contributed by atoms with Gasteiger partial charge in [0.2, 0.25) is 5.89 Å². The molecule has 3 aromatic rings. The number of carbonyl (C=O) groups excluding carboxylic acids is 1. The molecule has 2 amide bonds. The number of thiazole rings is 1. The number of oxazole rings is 1. The molecule has 124 valence electrons. The number of hydrogen-bond acceptors (Lipinski definition) is 5. The van der Waals surface area contributed by atoms with E-state index in [1.54, 1.807) is 23.7 Å². The highest BCUT2D eigenvalue weighted by atomic mass is 32.1. The lowest BCUT2D eigenvalue weighted by Gasteiger charge is -2.13. The van der Waals surface area contributed by atoms with E-state index < -0.39 is 0 Å². The van der Waals surface area contributed by atoms with Gasteiger partial charge in [0, 0.05) is 35.3 Å². The highest BCUT2D eigenvalue weighted by Crippen LogP contribution is 2.24. The van der Waals surface area contributed by atoms with Gasteiger partial charge in [0.1, 0.15) is 6.26 Å². The summed E-state index contributed by atoms with van der Waals surface area (Å²) in [6.07, 6.45) is 4.89. The number of benzene rings is 1. The fourth-order valence-electron chi connectivity index (χ4n) is 2.23. The van der Waals surface area contributed by atoms with Crippen LogP contribution < -0.4 is 10.6 Å². The molecule has 2 N–H and O–H groups in total. The second-order valence-electron chi connectivity index (χ2n) is 5.47. The van der Waals surface area contributed by atoms with Crippen LogP contribution in [0.25, 0.3) is 11.5 Å². The van der Waals surface area contributed by atoms with Gasteiger partial charge in [-0.1, -0.05) is 13.0 Å². The molecule has 2 aromatic heterocycles. The van der Waals surface area contributed by atoms with Crippen LogP contribution in [-0.4, -0.2) is 22.5 Å². The molecule has 1 aromatic carbocycles. The first-order valence-electron chi connectivity index (χ1n) is 7.58. The quantitative estimate of drug-likeness (QED) is 0.733. The molecular formula is C17H18N4O2S. The molecule has 0 spiro atoms. The summed E-state index contributed by atoms with van der Waals surface area (Å²) in [5.74, 6) is 0.700. The molecule has 0 saturated heterocycles. The average molecular weight is 342 g/mol. The first-order valence-corrected chi connectivity index (χ1v) is 8.46. The van der Waals surface area contributed by atoms with E-state index in [1.165, 1.54) is 6.26 Å². The van der Waals surface area contributed by atoms with Crippen LogP contribution in [0.5, 0.6) is 0 Å². The Bertz CT molecular complexity index is 800. The van der Waals surface area contributed by atoms with E-state index in [2.05, 4.69) is 20.6 Å². The molecule has 0 aliphatic carbocycles. The first kappa shape index (κ1) is 16.2. The summed E-state index contributed by atoms with van der Waals surface area (Å²) in [6, 6.07) is 5.44. The van der Waals surface area contributed by atoms with Gasteiger partial charge in [0.15, 0.2) is 0 Å². The number of aromatic nitrogens is 2. The minimum Gasteiger partial charge on any atom is -0.445 e. The van der Waals surface area contributed by atoms with Crippen molar-refractivity contribution >= 4 is 23.1 Å². The highest BCUT2D eigenvalue weighted by Gasteiger charge is 2.12. The Morgan fingerprint density at radius 3 is 2.92 bits per heavy atom. The predicted molar refractivity (Wildman–Crippen MR) is 94.2 cm³/mol. The smallest absolute Gasteiger partial charge is 0.319 e. The van der Waals surface area contributed by atoms with Crippen molar-refractivity contribution in [3.63, 3.8) is 0 Å². The van der Waals surface area contributed by atoms with Gasteiger partial charge in [-0.2, -0.15) is 0 Å². The highest BCUT2D eigenvalue weighted by molar-refractivity contribution is 7.09. The largest absolute Gasteiger partial charge is 0.445 e. The van der Waals surface area contributed by atoms with Crippen molar-refractivity contribution in [3.8, 4) is 11.5 Å². The summed E-state index contributed by atoms with van der Waals surface area (Å²) < 4.78 is 5.29. The van der Waals surface area contributed by atoms with Crippen molar-refractivity contribution in [2.24, 2.45) is 0 Å². The molecule has 6 nitrogen and oxygen atoms in total. The molecule has 0 aliphatic rings. The lowest BCUT2D eigenvalue weighted by Crippen LogP contribution is -2.32. The molecule has 7 heteroatoms. The van der Waals surface area contributed by atoms with E-state index in [0.29, 0.717) is 12.4 Å². The standard InChI is InChI=1S/C17H18N4O2S/c1-11-3-4-13(15-18-5-7-23-15)9-14(11)21-17(22)20-10-12(2)16-19-6-8-24-16/h3-9,12H,10H2,1-2H3,(H2,20,21,22)/t12-/m1/s1. The molecule has 0 unspecified atom stereocenters. The van der Waals surface area contributed by atoms with Crippen LogP contribution >= 0.6 is 11.3 Å². The van der Waals surface area contributed by atoms with Crippen LogP contribution in [0.4, 0.5) is 10.5 Å². The molecule has 0 saturated carbocycles. The second kappa shape index (κ2) is 7.27. The topological polar surface area (TPSA) is 80.0 Å². The number of rotatable bonds is 5. The van der Waals surface area contributed by atoms with Gasteiger partial charge < -0.3 is 15.1 Å². The van der Waals surface area contributed by atoms with Crippen molar-refractivity contribution in [2.75, 3.05) is 11.9 Å². The fourth-order valence-corrected chi connectivity index (χ4v) is 2.93. The summed E-state index contributed by atoms with van der Waals surface area (Å²) in [6.45, 7) is 4.50. The maximum Gasteiger partial charge on any atom is 0.319 e. The van der Waals surface area contributed by atoms with Gasteiger partial charge in [-0.05, 0) is 24.6 Å². The van der Waals surface area contributed by atoms with Crippen LogP contribution in [0.1, 0.15) is 23.4 Å². The van der Waals surface area contributed by atoms with Gasteiger partial charge in [-0.15, -0.1) is 11.3 Å². The van der Waals surface area contributed by atoms with E-state index in [1.807, 2.05) is 37.4 Å². The molecule has 0 bridgehead atoms. The van der Waals surface area contributed by atoms with Crippen LogP contribution in [0, 0.1) is 6.92 Å². The van der Waals surface area contributed by atoms with Crippen molar-refractivity contribution < 1.29 is 9.21 Å². The zero-order valence-electron chi connectivity index (χ0n) is 13.4. The molecule has 1 atom stereocenters. The third kappa shape index (κ3) is 3.80. The summed E-state index contributed by atoms with van der Waals surface area (Å²) >= 11 is 1.59. The molecular weight excluding hydrogens is 324 g/mol. The lowest BCUT2D eigenvalue weighted by molar-refractivity contribution is 0.251. The number of amides is 2.